The Morgan fingerprint density at radius 1 is 1.20 bits per heavy atom. The molecule has 2 atom stereocenters. The summed E-state index contributed by atoms with van der Waals surface area (Å²) in [7, 11) is 1.61. The molecule has 0 aliphatic carbocycles. The molecule has 114 valence electrons. The van der Waals surface area contributed by atoms with Crippen LogP contribution in [0.1, 0.15) is 44.7 Å². The first-order valence-electron chi connectivity index (χ1n) is 6.79. The Kier molecular flexibility index (Phi) is 6.33. The van der Waals surface area contributed by atoms with Crippen molar-refractivity contribution >= 4 is 0 Å². The van der Waals surface area contributed by atoms with E-state index >= 15 is 0 Å². The van der Waals surface area contributed by atoms with Crippen molar-refractivity contribution in [3.8, 4) is 5.75 Å². The Balaban J connectivity index is 2.47. The molecule has 0 fully saturated rings. The third-order valence-corrected chi connectivity index (χ3v) is 3.24. The van der Waals surface area contributed by atoms with Crippen molar-refractivity contribution in [1.29, 1.82) is 0 Å². The Labute approximate surface area is 118 Å². The summed E-state index contributed by atoms with van der Waals surface area (Å²) in [4.78, 5) is 0. The van der Waals surface area contributed by atoms with Crippen LogP contribution in [-0.2, 0) is 0 Å². The number of nitrogens with one attached hydrogen (secondary N) is 1. The van der Waals surface area contributed by atoms with Crippen LogP contribution in [0.15, 0.2) is 24.3 Å². The molecule has 0 heterocycles. The maximum absolute atomic E-state index is 12.1. The van der Waals surface area contributed by atoms with Gasteiger partial charge in [-0.05, 0) is 32.8 Å². The molecule has 0 aliphatic heterocycles. The van der Waals surface area contributed by atoms with Crippen molar-refractivity contribution in [1.82, 2.24) is 5.32 Å². The molecule has 1 rings (SSSR count). The highest BCUT2D eigenvalue weighted by atomic mass is 19.4. The third kappa shape index (κ3) is 5.82. The summed E-state index contributed by atoms with van der Waals surface area (Å²) < 4.78 is 41.6. The topological polar surface area (TPSA) is 21.3 Å². The molecular formula is C15H22F3NO. The zero-order valence-corrected chi connectivity index (χ0v) is 12.1. The van der Waals surface area contributed by atoms with Crippen LogP contribution in [0, 0.1) is 0 Å². The predicted octanol–water partition coefficient (Wildman–Crippen LogP) is 4.47. The van der Waals surface area contributed by atoms with E-state index in [0.717, 1.165) is 11.3 Å². The zero-order chi connectivity index (χ0) is 15.2. The molecule has 0 saturated heterocycles. The van der Waals surface area contributed by atoms with Crippen molar-refractivity contribution in [3.05, 3.63) is 29.8 Å². The molecule has 5 heteroatoms. The number of halogens is 3. The molecule has 0 spiro atoms. The number of methoxy groups -OCH3 is 1. The highest BCUT2D eigenvalue weighted by Gasteiger charge is 2.26. The van der Waals surface area contributed by atoms with Gasteiger partial charge in [0.1, 0.15) is 5.75 Å². The summed E-state index contributed by atoms with van der Waals surface area (Å²) in [5, 5.41) is 3.31. The second-order valence-corrected chi connectivity index (χ2v) is 5.04. The molecule has 0 radical (unpaired) electrons. The van der Waals surface area contributed by atoms with E-state index in [1.807, 2.05) is 38.1 Å². The second kappa shape index (κ2) is 7.53. The maximum atomic E-state index is 12.1. The van der Waals surface area contributed by atoms with Gasteiger partial charge in [-0.1, -0.05) is 18.2 Å². The number of hydrogen-bond donors (Lipinski definition) is 1. The molecule has 0 aliphatic rings. The predicted molar refractivity (Wildman–Crippen MR) is 73.9 cm³/mol. The Hall–Kier alpha value is -1.23. The van der Waals surface area contributed by atoms with Crippen LogP contribution in [0.4, 0.5) is 13.2 Å². The number of hydrogen-bond acceptors (Lipinski definition) is 2. The molecule has 1 N–H and O–H groups in total. The van der Waals surface area contributed by atoms with Gasteiger partial charge in [0, 0.05) is 24.1 Å². The minimum absolute atomic E-state index is 0.0252. The van der Waals surface area contributed by atoms with Crippen molar-refractivity contribution in [2.45, 2.75) is 51.4 Å². The second-order valence-electron chi connectivity index (χ2n) is 5.04. The molecule has 0 amide bonds. The normalized spacial score (nSPS) is 14.9. The molecule has 0 bridgehead atoms. The highest BCUT2D eigenvalue weighted by Crippen LogP contribution is 2.26. The first kappa shape index (κ1) is 16.8. The van der Waals surface area contributed by atoms with Crippen molar-refractivity contribution in [2.24, 2.45) is 0 Å². The Morgan fingerprint density at radius 3 is 2.45 bits per heavy atom. The minimum atomic E-state index is -4.06. The van der Waals surface area contributed by atoms with Gasteiger partial charge in [-0.15, -0.1) is 0 Å². The largest absolute Gasteiger partial charge is 0.496 e. The molecule has 20 heavy (non-hydrogen) atoms. The van der Waals surface area contributed by atoms with E-state index in [1.165, 1.54) is 0 Å². The lowest BCUT2D eigenvalue weighted by Crippen LogP contribution is -2.29. The van der Waals surface area contributed by atoms with Crippen LogP contribution in [0.5, 0.6) is 5.75 Å². The van der Waals surface area contributed by atoms with E-state index in [0.29, 0.717) is 6.42 Å². The lowest BCUT2D eigenvalue weighted by atomic mass is 10.0. The van der Waals surface area contributed by atoms with E-state index in [1.54, 1.807) is 7.11 Å². The molecule has 1 unspecified atom stereocenters. The average molecular weight is 289 g/mol. The number of alkyl halides is 3. The summed E-state index contributed by atoms with van der Waals surface area (Å²) in [6, 6.07) is 7.71. The summed E-state index contributed by atoms with van der Waals surface area (Å²) in [6.45, 7) is 3.89. The lowest BCUT2D eigenvalue weighted by Gasteiger charge is -2.22. The van der Waals surface area contributed by atoms with Gasteiger partial charge >= 0.3 is 6.18 Å². The Bertz CT molecular complexity index is 406. The average Bonchev–Trinajstić information content (AvgIpc) is 2.37. The fourth-order valence-corrected chi connectivity index (χ4v) is 2.23. The maximum Gasteiger partial charge on any atom is 0.389 e. The molecule has 1 aromatic rings. The minimum Gasteiger partial charge on any atom is -0.496 e. The molecule has 2 nitrogen and oxygen atoms in total. The van der Waals surface area contributed by atoms with E-state index in [2.05, 4.69) is 5.32 Å². The van der Waals surface area contributed by atoms with Gasteiger partial charge in [0.05, 0.1) is 7.11 Å². The van der Waals surface area contributed by atoms with Crippen LogP contribution in [0.3, 0.4) is 0 Å². The summed E-state index contributed by atoms with van der Waals surface area (Å²) >= 11 is 0. The summed E-state index contributed by atoms with van der Waals surface area (Å²) in [6.07, 6.45) is -4.13. The fourth-order valence-electron chi connectivity index (χ4n) is 2.23. The van der Waals surface area contributed by atoms with E-state index in [9.17, 15) is 13.2 Å². The van der Waals surface area contributed by atoms with E-state index < -0.39 is 12.6 Å². The quantitative estimate of drug-likeness (QED) is 0.799. The van der Waals surface area contributed by atoms with Gasteiger partial charge in [-0.25, -0.2) is 0 Å². The molecular weight excluding hydrogens is 267 g/mol. The van der Waals surface area contributed by atoms with E-state index in [4.69, 9.17) is 4.74 Å². The number of para-hydroxylation sites is 1. The van der Waals surface area contributed by atoms with Gasteiger partial charge in [0.25, 0.3) is 0 Å². The Morgan fingerprint density at radius 2 is 1.85 bits per heavy atom. The number of rotatable bonds is 7. The highest BCUT2D eigenvalue weighted by molar-refractivity contribution is 5.35. The van der Waals surface area contributed by atoms with Crippen LogP contribution in [-0.4, -0.2) is 19.3 Å². The standard InChI is InChI=1S/C15H22F3NO/c1-11(7-6-10-15(16,17)18)19-12(2)13-8-4-5-9-14(13)20-3/h4-5,8-9,11-12,19H,6-7,10H2,1-3H3/t11?,12-/m0/s1. The molecule has 0 saturated carbocycles. The molecule has 1 aromatic carbocycles. The number of benzene rings is 1. The van der Waals surface area contributed by atoms with Gasteiger partial charge in [0.2, 0.25) is 0 Å². The molecule has 0 aromatic heterocycles. The van der Waals surface area contributed by atoms with Crippen LogP contribution in [0.2, 0.25) is 0 Å². The van der Waals surface area contributed by atoms with Gasteiger partial charge in [-0.3, -0.25) is 0 Å². The van der Waals surface area contributed by atoms with Gasteiger partial charge in [-0.2, -0.15) is 13.2 Å². The lowest BCUT2D eigenvalue weighted by molar-refractivity contribution is -0.135. The van der Waals surface area contributed by atoms with Gasteiger partial charge < -0.3 is 10.1 Å². The first-order valence-corrected chi connectivity index (χ1v) is 6.79. The summed E-state index contributed by atoms with van der Waals surface area (Å²) in [5.41, 5.74) is 1.01. The fraction of sp³-hybridized carbons (Fsp3) is 0.600. The monoisotopic (exact) mass is 289 g/mol. The smallest absolute Gasteiger partial charge is 0.389 e. The first-order chi connectivity index (χ1) is 9.33. The zero-order valence-electron chi connectivity index (χ0n) is 12.1. The SMILES string of the molecule is COc1ccccc1[C@H](C)NC(C)CCCC(F)(F)F. The van der Waals surface area contributed by atoms with Crippen molar-refractivity contribution in [2.75, 3.05) is 7.11 Å². The van der Waals surface area contributed by atoms with Crippen LogP contribution < -0.4 is 10.1 Å². The van der Waals surface area contributed by atoms with Crippen molar-refractivity contribution in [3.63, 3.8) is 0 Å². The third-order valence-electron chi connectivity index (χ3n) is 3.24. The summed E-state index contributed by atoms with van der Waals surface area (Å²) in [5.74, 6) is 0.787. The van der Waals surface area contributed by atoms with Crippen molar-refractivity contribution < 1.29 is 17.9 Å². The van der Waals surface area contributed by atoms with Crippen LogP contribution in [0.25, 0.3) is 0 Å². The van der Waals surface area contributed by atoms with Crippen LogP contribution >= 0.6 is 0 Å². The van der Waals surface area contributed by atoms with Gasteiger partial charge in [0.15, 0.2) is 0 Å². The van der Waals surface area contributed by atoms with E-state index in [-0.39, 0.29) is 18.5 Å². The number of ether oxygens (including phenoxy) is 1.